The van der Waals surface area contributed by atoms with Gasteiger partial charge in [0.2, 0.25) is 5.91 Å². The number of hydrogen-bond acceptors (Lipinski definition) is 3. The van der Waals surface area contributed by atoms with E-state index >= 15 is 0 Å². The number of carbonyl (C=O) groups is 2. The maximum Gasteiger partial charge on any atom is 0.318 e. The van der Waals surface area contributed by atoms with Gasteiger partial charge in [-0.2, -0.15) is 0 Å². The van der Waals surface area contributed by atoms with Crippen LogP contribution in [-0.4, -0.2) is 52.5 Å². The Hall–Kier alpha value is -3.52. The van der Waals surface area contributed by atoms with Crippen LogP contribution in [0.5, 0.6) is 0 Å². The van der Waals surface area contributed by atoms with Crippen LogP contribution in [0.3, 0.4) is 0 Å². The third kappa shape index (κ3) is 4.97. The number of nitrogens with one attached hydrogen (secondary N) is 2. The third-order valence-corrected chi connectivity index (χ3v) is 8.39. The first-order valence-electron chi connectivity index (χ1n) is 13.5. The molecule has 0 aliphatic carbocycles. The topological polar surface area (TPSA) is 64.7 Å². The zero-order chi connectivity index (χ0) is 26.2. The van der Waals surface area contributed by atoms with Crippen molar-refractivity contribution < 1.29 is 18.4 Å². The number of amides is 3. The first-order chi connectivity index (χ1) is 18.4. The van der Waals surface area contributed by atoms with Crippen LogP contribution in [-0.2, 0) is 11.3 Å². The number of likely N-dealkylation sites (tertiary alicyclic amines) is 1. The molecule has 3 aromatic carbocycles. The van der Waals surface area contributed by atoms with E-state index in [4.69, 9.17) is 0 Å². The minimum absolute atomic E-state index is 0.0618. The standard InChI is InChI=1S/C30H32F2N4O2/c31-22-10-9-20-14-19(7-8-21(20)15-22)18-36-24-11-12-25(36)17-23(16-24)33-30(38)35-13-3-6-28(35)29(37)34-27-5-2-1-4-26(27)32/h1-2,4-5,7-10,14-15,23-25,28H,3,6,11-13,16-18H2,(H,33,38)(H,34,37)/t24-,25-,28+/m1/s1. The summed E-state index contributed by atoms with van der Waals surface area (Å²) < 4.78 is 27.5. The molecule has 3 aliphatic rings. The molecular weight excluding hydrogens is 486 g/mol. The average Bonchev–Trinajstić information content (AvgIpc) is 3.48. The number of benzene rings is 3. The first-order valence-corrected chi connectivity index (χ1v) is 13.5. The van der Waals surface area contributed by atoms with Gasteiger partial charge in [0.05, 0.1) is 5.69 Å². The minimum atomic E-state index is -0.604. The molecule has 3 aromatic rings. The Kier molecular flexibility index (Phi) is 6.74. The number of hydrogen-bond donors (Lipinski definition) is 2. The van der Waals surface area contributed by atoms with Gasteiger partial charge in [-0.15, -0.1) is 0 Å². The maximum atomic E-state index is 14.0. The zero-order valence-electron chi connectivity index (χ0n) is 21.2. The number of para-hydroxylation sites is 1. The van der Waals surface area contributed by atoms with Crippen LogP contribution in [0.25, 0.3) is 10.8 Å². The molecule has 3 atom stereocenters. The maximum absolute atomic E-state index is 14.0. The lowest BCUT2D eigenvalue weighted by Gasteiger charge is -2.40. The fraction of sp³-hybridized carbons (Fsp3) is 0.400. The highest BCUT2D eigenvalue weighted by atomic mass is 19.1. The van der Waals surface area contributed by atoms with Crippen molar-refractivity contribution in [2.75, 3.05) is 11.9 Å². The second-order valence-electron chi connectivity index (χ2n) is 10.8. The van der Waals surface area contributed by atoms with Crippen molar-refractivity contribution in [1.82, 2.24) is 15.1 Å². The van der Waals surface area contributed by atoms with E-state index in [2.05, 4.69) is 27.7 Å². The van der Waals surface area contributed by atoms with Gasteiger partial charge in [-0.1, -0.05) is 30.3 Å². The Morgan fingerprint density at radius 2 is 1.63 bits per heavy atom. The summed E-state index contributed by atoms with van der Waals surface area (Å²) in [5, 5.41) is 7.80. The number of halogens is 2. The van der Waals surface area contributed by atoms with Crippen LogP contribution in [0.2, 0.25) is 0 Å². The van der Waals surface area contributed by atoms with E-state index in [-0.39, 0.29) is 29.5 Å². The van der Waals surface area contributed by atoms with Gasteiger partial charge in [-0.05, 0) is 85.2 Å². The van der Waals surface area contributed by atoms with Gasteiger partial charge < -0.3 is 15.5 Å². The van der Waals surface area contributed by atoms with E-state index in [0.29, 0.717) is 25.0 Å². The lowest BCUT2D eigenvalue weighted by Crippen LogP contribution is -2.54. The van der Waals surface area contributed by atoms with Crippen molar-refractivity contribution in [1.29, 1.82) is 0 Å². The summed E-state index contributed by atoms with van der Waals surface area (Å²) >= 11 is 0. The highest BCUT2D eigenvalue weighted by Crippen LogP contribution is 2.37. The van der Waals surface area contributed by atoms with Crippen molar-refractivity contribution in [3.63, 3.8) is 0 Å². The average molecular weight is 519 g/mol. The molecule has 198 valence electrons. The highest BCUT2D eigenvalue weighted by molar-refractivity contribution is 5.97. The molecule has 3 fully saturated rings. The van der Waals surface area contributed by atoms with Gasteiger partial charge in [0, 0.05) is 31.2 Å². The van der Waals surface area contributed by atoms with Crippen LogP contribution in [0.15, 0.2) is 60.7 Å². The zero-order valence-corrected chi connectivity index (χ0v) is 21.2. The molecule has 0 saturated carbocycles. The molecule has 6 rings (SSSR count). The summed E-state index contributed by atoms with van der Waals surface area (Å²) in [5.74, 6) is -1.07. The monoisotopic (exact) mass is 518 g/mol. The lowest BCUT2D eigenvalue weighted by molar-refractivity contribution is -0.119. The first kappa shape index (κ1) is 24.8. The molecule has 3 amide bonds. The number of nitrogens with zero attached hydrogens (tertiary/aromatic N) is 2. The van der Waals surface area contributed by atoms with Gasteiger partial charge in [-0.3, -0.25) is 9.69 Å². The largest absolute Gasteiger partial charge is 0.335 e. The van der Waals surface area contributed by atoms with E-state index in [1.165, 1.54) is 23.8 Å². The number of rotatable bonds is 5. The van der Waals surface area contributed by atoms with E-state index in [1.54, 1.807) is 23.1 Å². The summed E-state index contributed by atoms with van der Waals surface area (Å²) in [7, 11) is 0. The Labute approximate surface area is 221 Å². The number of anilines is 1. The molecule has 3 saturated heterocycles. The highest BCUT2D eigenvalue weighted by Gasteiger charge is 2.42. The van der Waals surface area contributed by atoms with E-state index in [1.807, 2.05) is 12.1 Å². The third-order valence-electron chi connectivity index (χ3n) is 8.39. The Bertz CT molecular complexity index is 1350. The summed E-state index contributed by atoms with van der Waals surface area (Å²) in [6, 6.07) is 17.2. The Balaban J connectivity index is 1.06. The van der Waals surface area contributed by atoms with Gasteiger partial charge in [-0.25, -0.2) is 13.6 Å². The predicted molar refractivity (Wildman–Crippen MR) is 143 cm³/mol. The number of piperidine rings is 1. The molecule has 3 heterocycles. The second-order valence-corrected chi connectivity index (χ2v) is 10.8. The SMILES string of the molecule is O=C(Nc1ccccc1F)[C@@H]1CCCN1C(=O)NC1C[C@H]2CC[C@H](C1)N2Cc1ccc2cc(F)ccc2c1. The van der Waals surface area contributed by atoms with Crippen LogP contribution in [0, 0.1) is 11.6 Å². The van der Waals surface area contributed by atoms with Crippen LogP contribution >= 0.6 is 0 Å². The van der Waals surface area contributed by atoms with E-state index in [0.717, 1.165) is 49.4 Å². The van der Waals surface area contributed by atoms with Crippen molar-refractivity contribution in [3.05, 3.63) is 77.9 Å². The number of urea groups is 1. The van der Waals surface area contributed by atoms with Gasteiger partial charge in [0.15, 0.2) is 0 Å². The van der Waals surface area contributed by atoms with E-state index < -0.39 is 11.9 Å². The molecule has 8 heteroatoms. The predicted octanol–water partition coefficient (Wildman–Crippen LogP) is 5.43. The summed E-state index contributed by atoms with van der Waals surface area (Å²) in [4.78, 5) is 30.3. The lowest BCUT2D eigenvalue weighted by atomic mass is 9.96. The van der Waals surface area contributed by atoms with Crippen molar-refractivity contribution >= 4 is 28.4 Å². The van der Waals surface area contributed by atoms with Gasteiger partial charge in [0.25, 0.3) is 0 Å². The summed E-state index contributed by atoms with van der Waals surface area (Å²) in [5.41, 5.74) is 1.34. The van der Waals surface area contributed by atoms with Gasteiger partial charge in [0.1, 0.15) is 17.7 Å². The molecule has 0 unspecified atom stereocenters. The molecular formula is C30H32F2N4O2. The van der Waals surface area contributed by atoms with Crippen LogP contribution in [0.4, 0.5) is 19.3 Å². The molecule has 0 radical (unpaired) electrons. The van der Waals surface area contributed by atoms with Crippen molar-refractivity contribution in [3.8, 4) is 0 Å². The molecule has 2 N–H and O–H groups in total. The summed E-state index contributed by atoms with van der Waals surface area (Å²) in [6.45, 7) is 1.35. The van der Waals surface area contributed by atoms with Crippen molar-refractivity contribution in [2.45, 2.75) is 69.2 Å². The fourth-order valence-corrected chi connectivity index (χ4v) is 6.54. The van der Waals surface area contributed by atoms with Crippen molar-refractivity contribution in [2.24, 2.45) is 0 Å². The molecule has 3 aliphatic heterocycles. The molecule has 38 heavy (non-hydrogen) atoms. The van der Waals surface area contributed by atoms with Crippen LogP contribution in [0.1, 0.15) is 44.1 Å². The minimum Gasteiger partial charge on any atom is -0.335 e. The second kappa shape index (κ2) is 10.3. The van der Waals surface area contributed by atoms with Gasteiger partial charge >= 0.3 is 6.03 Å². The number of carbonyl (C=O) groups excluding carboxylic acids is 2. The summed E-state index contributed by atoms with van der Waals surface area (Å²) in [6.07, 6.45) is 5.27. The number of fused-ring (bicyclic) bond motifs is 3. The Morgan fingerprint density at radius 3 is 2.42 bits per heavy atom. The molecule has 2 bridgehead atoms. The quantitative estimate of drug-likeness (QED) is 0.474. The Morgan fingerprint density at radius 1 is 0.895 bits per heavy atom. The molecule has 0 aromatic heterocycles. The fourth-order valence-electron chi connectivity index (χ4n) is 6.54. The molecule has 0 spiro atoms. The van der Waals surface area contributed by atoms with E-state index in [9.17, 15) is 18.4 Å². The molecule has 6 nitrogen and oxygen atoms in total. The van der Waals surface area contributed by atoms with Crippen LogP contribution < -0.4 is 10.6 Å². The smallest absolute Gasteiger partial charge is 0.318 e. The normalized spacial score (nSPS) is 25.1.